The summed E-state index contributed by atoms with van der Waals surface area (Å²) in [6.45, 7) is 3.23. The predicted molar refractivity (Wildman–Crippen MR) is 112 cm³/mol. The van der Waals surface area contributed by atoms with Gasteiger partial charge >= 0.3 is 0 Å². The Balaban J connectivity index is 1.51. The number of benzene rings is 1. The first kappa shape index (κ1) is 19.7. The second-order valence-corrected chi connectivity index (χ2v) is 8.26. The third kappa shape index (κ3) is 4.36. The van der Waals surface area contributed by atoms with Gasteiger partial charge in [0, 0.05) is 19.1 Å². The summed E-state index contributed by atoms with van der Waals surface area (Å²) in [6, 6.07) is 8.24. The van der Waals surface area contributed by atoms with E-state index in [0.717, 1.165) is 55.5 Å². The van der Waals surface area contributed by atoms with Crippen molar-refractivity contribution in [1.29, 1.82) is 0 Å². The van der Waals surface area contributed by atoms with E-state index in [-0.39, 0.29) is 17.9 Å². The summed E-state index contributed by atoms with van der Waals surface area (Å²) in [7, 11) is 0. The van der Waals surface area contributed by atoms with E-state index in [2.05, 4.69) is 15.6 Å². The largest absolute Gasteiger partial charge is 0.348 e. The molecule has 1 aromatic heterocycles. The van der Waals surface area contributed by atoms with Crippen LogP contribution in [-0.4, -0.2) is 27.4 Å². The average Bonchev–Trinajstić information content (AvgIpc) is 3.14. The van der Waals surface area contributed by atoms with E-state index in [1.807, 2.05) is 35.8 Å². The second-order valence-electron chi connectivity index (χ2n) is 8.26. The summed E-state index contributed by atoms with van der Waals surface area (Å²) in [4.78, 5) is 30.4. The number of aryl methyl sites for hydroxylation is 1. The highest BCUT2D eigenvalue weighted by atomic mass is 16.2. The van der Waals surface area contributed by atoms with E-state index in [4.69, 9.17) is 0 Å². The topological polar surface area (TPSA) is 76.0 Å². The third-order valence-electron chi connectivity index (χ3n) is 6.18. The van der Waals surface area contributed by atoms with Crippen molar-refractivity contribution in [3.8, 4) is 0 Å². The molecule has 6 heteroatoms. The maximum atomic E-state index is 12.9. The predicted octanol–water partition coefficient (Wildman–Crippen LogP) is 3.52. The quantitative estimate of drug-likeness (QED) is 0.815. The second kappa shape index (κ2) is 8.80. The monoisotopic (exact) mass is 394 g/mol. The number of hydrogen-bond acceptors (Lipinski definition) is 3. The van der Waals surface area contributed by atoms with Crippen LogP contribution < -0.4 is 10.6 Å². The summed E-state index contributed by atoms with van der Waals surface area (Å²) in [5.74, 6) is 0.0238. The van der Waals surface area contributed by atoms with Crippen LogP contribution in [0.2, 0.25) is 0 Å². The molecule has 6 nitrogen and oxygen atoms in total. The molecular weight excluding hydrogens is 364 g/mol. The van der Waals surface area contributed by atoms with Crippen LogP contribution in [0.3, 0.4) is 0 Å². The van der Waals surface area contributed by atoms with Crippen molar-refractivity contribution < 1.29 is 9.59 Å². The lowest BCUT2D eigenvalue weighted by atomic mass is 9.95. The number of nitrogens with zero attached hydrogens (tertiary/aromatic N) is 2. The average molecular weight is 395 g/mol. The Bertz CT molecular complexity index is 896. The first-order chi connectivity index (χ1) is 14.1. The highest BCUT2D eigenvalue weighted by molar-refractivity contribution is 5.97. The lowest BCUT2D eigenvalue weighted by Crippen LogP contribution is -2.37. The van der Waals surface area contributed by atoms with Crippen molar-refractivity contribution >= 4 is 11.8 Å². The zero-order chi connectivity index (χ0) is 20.2. The van der Waals surface area contributed by atoms with Gasteiger partial charge in [0.1, 0.15) is 5.69 Å². The van der Waals surface area contributed by atoms with Crippen LogP contribution in [0.1, 0.15) is 82.9 Å². The van der Waals surface area contributed by atoms with Crippen LogP contribution in [-0.2, 0) is 19.5 Å². The van der Waals surface area contributed by atoms with Crippen LogP contribution in [0, 0.1) is 6.92 Å². The van der Waals surface area contributed by atoms with Gasteiger partial charge in [-0.05, 0) is 50.2 Å². The van der Waals surface area contributed by atoms with Crippen molar-refractivity contribution in [3.63, 3.8) is 0 Å². The van der Waals surface area contributed by atoms with E-state index >= 15 is 0 Å². The number of aromatic nitrogens is 2. The number of hydrogen-bond donors (Lipinski definition) is 2. The van der Waals surface area contributed by atoms with Crippen molar-refractivity contribution in [3.05, 3.63) is 52.6 Å². The molecule has 1 aliphatic carbocycles. The molecule has 154 valence electrons. The summed E-state index contributed by atoms with van der Waals surface area (Å²) in [6.07, 6.45) is 8.47. The van der Waals surface area contributed by atoms with Crippen LogP contribution in [0.4, 0.5) is 0 Å². The molecule has 2 N–H and O–H groups in total. The molecule has 4 rings (SSSR count). The first-order valence-electron chi connectivity index (χ1n) is 10.9. The molecule has 0 unspecified atom stereocenters. The molecule has 2 aromatic rings. The lowest BCUT2D eigenvalue weighted by Gasteiger charge is -2.23. The van der Waals surface area contributed by atoms with E-state index in [9.17, 15) is 9.59 Å². The van der Waals surface area contributed by atoms with Gasteiger partial charge in [-0.1, -0.05) is 43.5 Å². The van der Waals surface area contributed by atoms with Gasteiger partial charge in [-0.2, -0.15) is 0 Å². The van der Waals surface area contributed by atoms with Gasteiger partial charge in [-0.3, -0.25) is 9.59 Å². The molecule has 29 heavy (non-hydrogen) atoms. The summed E-state index contributed by atoms with van der Waals surface area (Å²) in [5, 5.41) is 6.14. The molecule has 1 aromatic carbocycles. The van der Waals surface area contributed by atoms with E-state index in [1.165, 1.54) is 19.3 Å². The molecule has 0 saturated heterocycles. The molecule has 0 radical (unpaired) electrons. The Labute approximate surface area is 172 Å². The molecule has 2 aliphatic rings. The number of imidazole rings is 1. The normalized spacial score (nSPS) is 16.9. The van der Waals surface area contributed by atoms with Gasteiger partial charge in [0.15, 0.2) is 5.82 Å². The van der Waals surface area contributed by atoms with E-state index in [0.29, 0.717) is 18.1 Å². The van der Waals surface area contributed by atoms with Crippen LogP contribution in [0.15, 0.2) is 24.3 Å². The standard InChI is InChI=1S/C23H30N4O2/c1-16-9-5-6-10-17(16)15-24-23(29)21-26-20(19-13-7-8-14-27(19)21)22(28)25-18-11-3-2-4-12-18/h5-6,9-10,18H,2-4,7-8,11-15H2,1H3,(H,24,29)(H,25,28). The maximum absolute atomic E-state index is 12.9. The summed E-state index contributed by atoms with van der Waals surface area (Å²) in [5.41, 5.74) is 3.58. The third-order valence-corrected chi connectivity index (χ3v) is 6.18. The minimum Gasteiger partial charge on any atom is -0.348 e. The van der Waals surface area contributed by atoms with Crippen molar-refractivity contribution in [2.75, 3.05) is 0 Å². The van der Waals surface area contributed by atoms with Gasteiger partial charge in [0.05, 0.1) is 5.69 Å². The lowest BCUT2D eigenvalue weighted by molar-refractivity contribution is 0.0921. The van der Waals surface area contributed by atoms with Crippen molar-refractivity contribution in [2.24, 2.45) is 0 Å². The molecule has 0 bridgehead atoms. The molecule has 1 saturated carbocycles. The zero-order valence-corrected chi connectivity index (χ0v) is 17.2. The number of rotatable bonds is 5. The van der Waals surface area contributed by atoms with Gasteiger partial charge in [-0.15, -0.1) is 0 Å². The van der Waals surface area contributed by atoms with Gasteiger partial charge in [0.2, 0.25) is 0 Å². The highest BCUT2D eigenvalue weighted by Crippen LogP contribution is 2.23. The summed E-state index contributed by atoms with van der Waals surface area (Å²) < 4.78 is 1.95. The molecule has 0 atom stereocenters. The number of carbonyl (C=O) groups excluding carboxylic acids is 2. The van der Waals surface area contributed by atoms with Crippen molar-refractivity contribution in [2.45, 2.75) is 77.4 Å². The smallest absolute Gasteiger partial charge is 0.287 e. The molecular formula is C23H30N4O2. The molecule has 0 spiro atoms. The Hall–Kier alpha value is -2.63. The van der Waals surface area contributed by atoms with Crippen LogP contribution >= 0.6 is 0 Å². The van der Waals surface area contributed by atoms with E-state index in [1.54, 1.807) is 0 Å². The fourth-order valence-electron chi connectivity index (χ4n) is 4.46. The summed E-state index contributed by atoms with van der Waals surface area (Å²) >= 11 is 0. The fraction of sp³-hybridized carbons (Fsp3) is 0.522. The van der Waals surface area contributed by atoms with Gasteiger partial charge in [0.25, 0.3) is 11.8 Å². The minimum atomic E-state index is -0.215. The Kier molecular flexibility index (Phi) is 5.97. The molecule has 1 aliphatic heterocycles. The Morgan fingerprint density at radius 2 is 1.86 bits per heavy atom. The first-order valence-corrected chi connectivity index (χ1v) is 10.9. The number of nitrogens with one attached hydrogen (secondary N) is 2. The van der Waals surface area contributed by atoms with E-state index < -0.39 is 0 Å². The Morgan fingerprint density at radius 1 is 1.07 bits per heavy atom. The number of fused-ring (bicyclic) bond motifs is 1. The number of carbonyl (C=O) groups is 2. The molecule has 1 fully saturated rings. The zero-order valence-electron chi connectivity index (χ0n) is 17.2. The fourth-order valence-corrected chi connectivity index (χ4v) is 4.46. The van der Waals surface area contributed by atoms with Crippen LogP contribution in [0.5, 0.6) is 0 Å². The van der Waals surface area contributed by atoms with Gasteiger partial charge in [-0.25, -0.2) is 4.98 Å². The SMILES string of the molecule is Cc1ccccc1CNC(=O)c1nc(C(=O)NC2CCCCC2)c2n1CCCC2. The molecule has 2 heterocycles. The van der Waals surface area contributed by atoms with Crippen molar-refractivity contribution in [1.82, 2.24) is 20.2 Å². The Morgan fingerprint density at radius 3 is 2.66 bits per heavy atom. The minimum absolute atomic E-state index is 0.125. The number of amides is 2. The highest BCUT2D eigenvalue weighted by Gasteiger charge is 2.28. The van der Waals surface area contributed by atoms with Crippen LogP contribution in [0.25, 0.3) is 0 Å². The maximum Gasteiger partial charge on any atom is 0.287 e. The van der Waals surface area contributed by atoms with Gasteiger partial charge < -0.3 is 15.2 Å². The molecule has 2 amide bonds.